The molecule has 0 heterocycles. The quantitative estimate of drug-likeness (QED) is 0.527. The topological polar surface area (TPSA) is 0 Å². The van der Waals surface area contributed by atoms with Crippen LogP contribution >= 0.6 is 21.9 Å². The summed E-state index contributed by atoms with van der Waals surface area (Å²) in [5.41, 5.74) is 0. The van der Waals surface area contributed by atoms with Crippen molar-refractivity contribution in [1.29, 1.82) is 0 Å². The van der Waals surface area contributed by atoms with E-state index < -0.39 is 0 Å². The van der Waals surface area contributed by atoms with E-state index in [9.17, 15) is 0 Å². The second-order valence-electron chi connectivity index (χ2n) is 4.02. The zero-order valence-electron chi connectivity index (χ0n) is 8.00. The Balaban J connectivity index is 2.30. The molecule has 0 radical (unpaired) electrons. The van der Waals surface area contributed by atoms with Crippen LogP contribution in [-0.2, 0) is 0 Å². The fourth-order valence-corrected chi connectivity index (χ4v) is 3.41. The molecule has 0 nitrogen and oxygen atoms in total. The highest BCUT2D eigenvalue weighted by molar-refractivity contribution is 7.80. The van der Waals surface area contributed by atoms with Gasteiger partial charge in [0.15, 0.2) is 0 Å². The molecule has 0 spiro atoms. The second kappa shape index (κ2) is 5.50. The monoisotopic (exact) mass is 204 g/mol. The first-order valence-electron chi connectivity index (χ1n) is 5.16. The Morgan fingerprint density at radius 1 is 1.33 bits per heavy atom. The van der Waals surface area contributed by atoms with Crippen molar-refractivity contribution in [2.45, 2.75) is 44.3 Å². The Morgan fingerprint density at radius 3 is 2.58 bits per heavy atom. The van der Waals surface area contributed by atoms with Crippen LogP contribution in [0.5, 0.6) is 0 Å². The average molecular weight is 204 g/mol. The molecule has 0 bridgehead atoms. The van der Waals surface area contributed by atoms with E-state index in [-0.39, 0.29) is 0 Å². The number of hydrogen-bond donors (Lipinski definition) is 1. The molecule has 2 heteroatoms. The minimum Gasteiger partial charge on any atom is -0.176 e. The third kappa shape index (κ3) is 2.92. The molecule has 1 saturated carbocycles. The van der Waals surface area contributed by atoms with Gasteiger partial charge in [0.05, 0.1) is 0 Å². The van der Waals surface area contributed by atoms with Crippen LogP contribution in [0.2, 0.25) is 0 Å². The third-order valence-electron chi connectivity index (χ3n) is 3.05. The van der Waals surface area contributed by atoms with E-state index in [1.807, 2.05) is 0 Å². The maximum atomic E-state index is 4.58. The van der Waals surface area contributed by atoms with E-state index in [0.717, 1.165) is 11.8 Å². The molecule has 1 fully saturated rings. The first-order valence-corrected chi connectivity index (χ1v) is 6.49. The average Bonchev–Trinajstić information content (AvgIpc) is 2.42. The van der Waals surface area contributed by atoms with Gasteiger partial charge in [-0.3, -0.25) is 0 Å². The molecule has 0 amide bonds. The maximum Gasteiger partial charge on any atom is 0.00224 e. The fraction of sp³-hybridized carbons (Fsp3) is 1.00. The molecule has 0 aliphatic heterocycles. The Bertz CT molecular complexity index is 127. The highest BCUT2D eigenvalue weighted by Crippen LogP contribution is 2.38. The largest absolute Gasteiger partial charge is 0.176 e. The molecule has 4 unspecified atom stereocenters. The van der Waals surface area contributed by atoms with Gasteiger partial charge in [0.1, 0.15) is 0 Å². The first kappa shape index (κ1) is 10.9. The van der Waals surface area contributed by atoms with Gasteiger partial charge in [0, 0.05) is 5.25 Å². The summed E-state index contributed by atoms with van der Waals surface area (Å²) in [6.07, 6.45) is 8.19. The minimum absolute atomic E-state index is 0.692. The Morgan fingerprint density at radius 2 is 2.00 bits per heavy atom. The predicted molar refractivity (Wildman–Crippen MR) is 63.1 cm³/mol. The maximum absolute atomic E-state index is 4.58. The van der Waals surface area contributed by atoms with Crippen molar-refractivity contribution in [2.75, 3.05) is 6.16 Å². The summed E-state index contributed by atoms with van der Waals surface area (Å²) in [7, 11) is 2.89. The van der Waals surface area contributed by atoms with Crippen molar-refractivity contribution in [3.8, 4) is 0 Å². The van der Waals surface area contributed by atoms with Crippen LogP contribution in [0.3, 0.4) is 0 Å². The smallest absolute Gasteiger partial charge is 0.00224 e. The fourth-order valence-electron chi connectivity index (χ4n) is 2.29. The van der Waals surface area contributed by atoms with Gasteiger partial charge in [-0.25, -0.2) is 0 Å². The van der Waals surface area contributed by atoms with Gasteiger partial charge in [-0.1, -0.05) is 26.2 Å². The van der Waals surface area contributed by atoms with Crippen LogP contribution in [-0.4, -0.2) is 11.4 Å². The summed E-state index contributed by atoms with van der Waals surface area (Å²) >= 11 is 4.58. The third-order valence-corrected chi connectivity index (χ3v) is 4.07. The highest BCUT2D eigenvalue weighted by atomic mass is 32.1. The van der Waals surface area contributed by atoms with Gasteiger partial charge in [0.2, 0.25) is 0 Å². The molecule has 1 aliphatic rings. The van der Waals surface area contributed by atoms with Gasteiger partial charge < -0.3 is 0 Å². The SMILES string of the molecule is CCCCC1CC(S)CC1CP. The van der Waals surface area contributed by atoms with E-state index >= 15 is 0 Å². The van der Waals surface area contributed by atoms with E-state index in [1.165, 1.54) is 38.3 Å². The molecule has 0 aromatic heterocycles. The molecule has 4 atom stereocenters. The molecular weight excluding hydrogens is 183 g/mol. The summed E-state index contributed by atoms with van der Waals surface area (Å²) < 4.78 is 0. The molecule has 12 heavy (non-hydrogen) atoms. The normalized spacial score (nSPS) is 35.8. The Hall–Kier alpha value is 0.780. The van der Waals surface area contributed by atoms with Crippen LogP contribution in [0.1, 0.15) is 39.0 Å². The molecule has 0 N–H and O–H groups in total. The molecule has 72 valence electrons. The van der Waals surface area contributed by atoms with E-state index in [0.29, 0.717) is 5.25 Å². The number of unbranched alkanes of at least 4 members (excludes halogenated alkanes) is 1. The van der Waals surface area contributed by atoms with E-state index in [4.69, 9.17) is 0 Å². The lowest BCUT2D eigenvalue weighted by molar-refractivity contribution is 0.385. The highest BCUT2D eigenvalue weighted by Gasteiger charge is 2.30. The first-order chi connectivity index (χ1) is 5.77. The second-order valence-corrected chi connectivity index (χ2v) is 5.23. The minimum atomic E-state index is 0.692. The van der Waals surface area contributed by atoms with Crippen LogP contribution in [0.15, 0.2) is 0 Å². The number of thiol groups is 1. The van der Waals surface area contributed by atoms with Gasteiger partial charge in [-0.2, -0.15) is 12.6 Å². The van der Waals surface area contributed by atoms with Crippen LogP contribution in [0.4, 0.5) is 0 Å². The van der Waals surface area contributed by atoms with Gasteiger partial charge in [-0.15, -0.1) is 9.24 Å². The lowest BCUT2D eigenvalue weighted by Gasteiger charge is -2.16. The van der Waals surface area contributed by atoms with Crippen molar-refractivity contribution in [1.82, 2.24) is 0 Å². The van der Waals surface area contributed by atoms with Crippen molar-refractivity contribution < 1.29 is 0 Å². The van der Waals surface area contributed by atoms with Crippen molar-refractivity contribution in [2.24, 2.45) is 11.8 Å². The van der Waals surface area contributed by atoms with Gasteiger partial charge in [-0.05, 0) is 30.8 Å². The molecule has 0 aromatic carbocycles. The Labute approximate surface area is 84.5 Å². The Kier molecular flexibility index (Phi) is 4.97. The van der Waals surface area contributed by atoms with Crippen molar-refractivity contribution >= 4 is 21.9 Å². The summed E-state index contributed by atoms with van der Waals surface area (Å²) in [6.45, 7) is 2.28. The number of hydrogen-bond acceptors (Lipinski definition) is 1. The lowest BCUT2D eigenvalue weighted by atomic mass is 9.92. The van der Waals surface area contributed by atoms with Crippen LogP contribution in [0, 0.1) is 11.8 Å². The van der Waals surface area contributed by atoms with E-state index in [2.05, 4.69) is 28.8 Å². The van der Waals surface area contributed by atoms with Crippen LogP contribution in [0.25, 0.3) is 0 Å². The standard InChI is InChI=1S/C10H21PS/c1-2-3-4-8-5-10(12)6-9(8)7-11/h8-10,12H,2-7,11H2,1H3. The van der Waals surface area contributed by atoms with Gasteiger partial charge in [0.25, 0.3) is 0 Å². The predicted octanol–water partition coefficient (Wildman–Crippen LogP) is 3.38. The summed E-state index contributed by atoms with van der Waals surface area (Å²) in [6, 6.07) is 0. The lowest BCUT2D eigenvalue weighted by Crippen LogP contribution is -2.08. The number of rotatable bonds is 4. The molecular formula is C10H21PS. The molecule has 0 aromatic rings. The van der Waals surface area contributed by atoms with Crippen LogP contribution < -0.4 is 0 Å². The summed E-state index contributed by atoms with van der Waals surface area (Å²) in [5, 5.41) is 0.692. The molecule has 0 saturated heterocycles. The summed E-state index contributed by atoms with van der Waals surface area (Å²) in [5.74, 6) is 1.92. The zero-order valence-corrected chi connectivity index (χ0v) is 10.0. The van der Waals surface area contributed by atoms with Crippen molar-refractivity contribution in [3.63, 3.8) is 0 Å². The summed E-state index contributed by atoms with van der Waals surface area (Å²) in [4.78, 5) is 0. The molecule has 1 aliphatic carbocycles. The van der Waals surface area contributed by atoms with Crippen molar-refractivity contribution in [3.05, 3.63) is 0 Å². The van der Waals surface area contributed by atoms with Gasteiger partial charge >= 0.3 is 0 Å². The molecule has 1 rings (SSSR count). The van der Waals surface area contributed by atoms with E-state index in [1.54, 1.807) is 0 Å². The zero-order chi connectivity index (χ0) is 8.97.